The number of rotatable bonds is 3. The zero-order valence-electron chi connectivity index (χ0n) is 9.84. The molecule has 0 bridgehead atoms. The van der Waals surface area contributed by atoms with Crippen LogP contribution < -0.4 is 0 Å². The molecule has 0 amide bonds. The summed E-state index contributed by atoms with van der Waals surface area (Å²) in [5, 5.41) is 19.4. The van der Waals surface area contributed by atoms with Crippen LogP contribution in [0, 0.1) is 5.92 Å². The smallest absolute Gasteiger partial charge is 0.453 e. The number of aliphatic carboxylic acids is 1. The minimum absolute atomic E-state index is 0.00763. The maximum atomic E-state index is 12.6. The van der Waals surface area contributed by atoms with Crippen molar-refractivity contribution >= 4 is 22.3 Å². The van der Waals surface area contributed by atoms with Crippen LogP contribution in [-0.2, 0) is 11.0 Å². The Hall–Kier alpha value is -1.71. The molecule has 0 saturated heterocycles. The molecule has 2 aromatic heterocycles. The maximum absolute atomic E-state index is 12.6. The lowest BCUT2D eigenvalue weighted by Crippen LogP contribution is -2.17. The highest BCUT2D eigenvalue weighted by Crippen LogP contribution is 2.32. The molecule has 2 unspecified atom stereocenters. The van der Waals surface area contributed by atoms with E-state index in [4.69, 9.17) is 5.11 Å². The summed E-state index contributed by atoms with van der Waals surface area (Å²) in [4.78, 5) is 10.8. The number of hydrogen-bond acceptors (Lipinski definition) is 5. The molecule has 2 atom stereocenters. The number of nitrogens with zero attached hydrogens (tertiary/aromatic N) is 4. The highest BCUT2D eigenvalue weighted by molar-refractivity contribution is 7.16. The van der Waals surface area contributed by atoms with Crippen molar-refractivity contribution in [2.75, 3.05) is 0 Å². The van der Waals surface area contributed by atoms with Crippen molar-refractivity contribution in [3.8, 4) is 0 Å². The van der Waals surface area contributed by atoms with Crippen molar-refractivity contribution < 1.29 is 23.1 Å². The van der Waals surface area contributed by atoms with E-state index >= 15 is 0 Å². The number of aromatic nitrogens is 4. The Morgan fingerprint density at radius 1 is 1.37 bits per heavy atom. The summed E-state index contributed by atoms with van der Waals surface area (Å²) in [7, 11) is 0. The average Bonchev–Trinajstić information content (AvgIpc) is 2.83. The van der Waals surface area contributed by atoms with Crippen molar-refractivity contribution in [3.05, 3.63) is 10.8 Å². The van der Waals surface area contributed by atoms with E-state index in [0.29, 0.717) is 4.52 Å². The molecule has 10 heteroatoms. The van der Waals surface area contributed by atoms with E-state index in [1.54, 1.807) is 6.92 Å². The predicted octanol–water partition coefficient (Wildman–Crippen LogP) is 2.03. The number of carboxylic acids is 1. The van der Waals surface area contributed by atoms with Crippen molar-refractivity contribution in [2.24, 2.45) is 5.92 Å². The second kappa shape index (κ2) is 4.44. The Bertz CT molecular complexity index is 621. The van der Waals surface area contributed by atoms with Crippen molar-refractivity contribution in [1.29, 1.82) is 0 Å². The molecule has 0 aliphatic carbocycles. The lowest BCUT2D eigenvalue weighted by atomic mass is 9.97. The largest absolute Gasteiger partial charge is 0.481 e. The van der Waals surface area contributed by atoms with Crippen LogP contribution >= 0.6 is 11.3 Å². The van der Waals surface area contributed by atoms with E-state index in [9.17, 15) is 18.0 Å². The Morgan fingerprint density at radius 2 is 2.00 bits per heavy atom. The highest BCUT2D eigenvalue weighted by atomic mass is 32.1. The van der Waals surface area contributed by atoms with E-state index in [1.807, 2.05) is 0 Å². The van der Waals surface area contributed by atoms with Gasteiger partial charge in [-0.1, -0.05) is 25.2 Å². The molecule has 19 heavy (non-hydrogen) atoms. The monoisotopic (exact) mass is 294 g/mol. The van der Waals surface area contributed by atoms with Gasteiger partial charge >= 0.3 is 12.1 Å². The Morgan fingerprint density at radius 3 is 2.53 bits per heavy atom. The second-order valence-corrected chi connectivity index (χ2v) is 5.06. The summed E-state index contributed by atoms with van der Waals surface area (Å²) < 4.78 is 38.4. The van der Waals surface area contributed by atoms with Crippen LogP contribution in [0.2, 0.25) is 0 Å². The molecule has 0 aliphatic heterocycles. The van der Waals surface area contributed by atoms with Crippen LogP contribution in [0.4, 0.5) is 13.2 Å². The third kappa shape index (κ3) is 2.39. The molecule has 0 radical (unpaired) electrons. The molecule has 104 valence electrons. The molecule has 1 N–H and O–H groups in total. The molecular formula is C9H9F3N4O2S. The standard InChI is InChI=1S/C9H9F3N4O2S/c1-3(4(2)6(17)18)5-15-16-7(9(10,11)12)13-14-8(16)19-5/h3-4H,1-2H3,(H,17,18). The Kier molecular flexibility index (Phi) is 3.20. The first kappa shape index (κ1) is 13.7. The zero-order chi connectivity index (χ0) is 14.4. The van der Waals surface area contributed by atoms with Gasteiger partial charge in [-0.2, -0.15) is 22.8 Å². The molecule has 0 fully saturated rings. The second-order valence-electron chi connectivity index (χ2n) is 4.07. The first-order valence-corrected chi connectivity index (χ1v) is 6.05. The van der Waals surface area contributed by atoms with Gasteiger partial charge in [0, 0.05) is 5.92 Å². The van der Waals surface area contributed by atoms with Crippen LogP contribution in [0.1, 0.15) is 30.6 Å². The lowest BCUT2D eigenvalue weighted by molar-refractivity contribution is -0.146. The van der Waals surface area contributed by atoms with Gasteiger partial charge < -0.3 is 5.11 Å². The molecule has 0 saturated carbocycles. The quantitative estimate of drug-likeness (QED) is 0.936. The van der Waals surface area contributed by atoms with Crippen molar-refractivity contribution in [1.82, 2.24) is 19.8 Å². The number of carboxylic acid groups (broad SMARTS) is 1. The van der Waals surface area contributed by atoms with Crippen LogP contribution in [0.5, 0.6) is 0 Å². The van der Waals surface area contributed by atoms with Crippen LogP contribution in [0.15, 0.2) is 0 Å². The first-order chi connectivity index (χ1) is 8.71. The van der Waals surface area contributed by atoms with Gasteiger partial charge in [0.05, 0.1) is 5.92 Å². The van der Waals surface area contributed by atoms with Crippen LogP contribution in [-0.4, -0.2) is 30.9 Å². The van der Waals surface area contributed by atoms with Gasteiger partial charge in [-0.05, 0) is 0 Å². The molecule has 6 nitrogen and oxygen atoms in total. The summed E-state index contributed by atoms with van der Waals surface area (Å²) >= 11 is 0.903. The Labute approximate surface area is 108 Å². The van der Waals surface area contributed by atoms with E-state index in [0.717, 1.165) is 11.3 Å². The Balaban J connectivity index is 2.43. The fraction of sp³-hybridized carbons (Fsp3) is 0.556. The van der Waals surface area contributed by atoms with Crippen LogP contribution in [0.3, 0.4) is 0 Å². The highest BCUT2D eigenvalue weighted by Gasteiger charge is 2.38. The molecule has 0 spiro atoms. The SMILES string of the molecule is CC(C(=O)O)C(C)c1nn2c(C(F)(F)F)nnc2s1. The van der Waals surface area contributed by atoms with Crippen molar-refractivity contribution in [2.45, 2.75) is 25.9 Å². The van der Waals surface area contributed by atoms with E-state index in [-0.39, 0.29) is 9.97 Å². The molecule has 2 rings (SSSR count). The van der Waals surface area contributed by atoms with Gasteiger partial charge in [0.1, 0.15) is 5.01 Å². The van der Waals surface area contributed by atoms with Gasteiger partial charge in [0.2, 0.25) is 4.96 Å². The van der Waals surface area contributed by atoms with Gasteiger partial charge in [-0.3, -0.25) is 4.79 Å². The van der Waals surface area contributed by atoms with Gasteiger partial charge in [0.25, 0.3) is 5.82 Å². The van der Waals surface area contributed by atoms with E-state index in [2.05, 4.69) is 15.3 Å². The third-order valence-corrected chi connectivity index (χ3v) is 3.89. The van der Waals surface area contributed by atoms with E-state index in [1.165, 1.54) is 6.92 Å². The minimum atomic E-state index is -4.65. The normalized spacial score (nSPS) is 15.6. The summed E-state index contributed by atoms with van der Waals surface area (Å²) in [6.07, 6.45) is -4.65. The molecular weight excluding hydrogens is 285 g/mol. The number of halogens is 3. The molecule has 2 aromatic rings. The summed E-state index contributed by atoms with van der Waals surface area (Å²) in [6, 6.07) is 0. The van der Waals surface area contributed by atoms with Crippen molar-refractivity contribution in [3.63, 3.8) is 0 Å². The van der Waals surface area contributed by atoms with Gasteiger partial charge in [-0.25, -0.2) is 0 Å². The fourth-order valence-corrected chi connectivity index (χ4v) is 2.42. The van der Waals surface area contributed by atoms with E-state index < -0.39 is 29.8 Å². The van der Waals surface area contributed by atoms with Crippen LogP contribution in [0.25, 0.3) is 4.96 Å². The summed E-state index contributed by atoms with van der Waals surface area (Å²) in [5.41, 5.74) is 0. The summed E-state index contributed by atoms with van der Waals surface area (Å²) in [6.45, 7) is 3.07. The number of carbonyl (C=O) groups is 1. The third-order valence-electron chi connectivity index (χ3n) is 2.79. The minimum Gasteiger partial charge on any atom is -0.481 e. The molecule has 0 aliphatic rings. The van der Waals surface area contributed by atoms with Gasteiger partial charge in [-0.15, -0.1) is 10.2 Å². The predicted molar refractivity (Wildman–Crippen MR) is 58.9 cm³/mol. The fourth-order valence-electron chi connectivity index (χ4n) is 1.42. The average molecular weight is 294 g/mol. The molecule has 2 heterocycles. The lowest BCUT2D eigenvalue weighted by Gasteiger charge is -2.11. The maximum Gasteiger partial charge on any atom is 0.453 e. The van der Waals surface area contributed by atoms with Gasteiger partial charge in [0.15, 0.2) is 0 Å². The number of hydrogen-bond donors (Lipinski definition) is 1. The summed E-state index contributed by atoms with van der Waals surface area (Å²) in [5.74, 6) is -3.50. The number of fused-ring (bicyclic) bond motifs is 1. The topological polar surface area (TPSA) is 80.4 Å². The first-order valence-electron chi connectivity index (χ1n) is 5.24. The molecule has 0 aromatic carbocycles. The number of alkyl halides is 3. The zero-order valence-corrected chi connectivity index (χ0v) is 10.7.